The molecule has 0 spiro atoms. The molecule has 0 radical (unpaired) electrons. The van der Waals surface area contributed by atoms with Gasteiger partial charge in [-0.25, -0.2) is 4.39 Å². The molecule has 1 aromatic carbocycles. The van der Waals surface area contributed by atoms with E-state index in [-0.39, 0.29) is 11.7 Å². The van der Waals surface area contributed by atoms with Crippen LogP contribution in [0.5, 0.6) is 0 Å². The number of nitrogens with one attached hydrogen (secondary N) is 1. The number of aromatic nitrogens is 2. The third kappa shape index (κ3) is 3.25. The Morgan fingerprint density at radius 3 is 2.92 bits per heavy atom. The van der Waals surface area contributed by atoms with E-state index in [1.54, 1.807) is 24.4 Å². The first-order valence-electron chi connectivity index (χ1n) is 8.85. The number of amides is 1. The van der Waals surface area contributed by atoms with Crippen LogP contribution < -0.4 is 0 Å². The molecule has 1 amide bonds. The lowest BCUT2D eigenvalue weighted by Crippen LogP contribution is -2.34. The normalized spacial score (nSPS) is 14.5. The Bertz CT molecular complexity index is 976. The molecule has 0 atom stereocenters. The second-order valence-electron chi connectivity index (χ2n) is 6.51. The Balaban J connectivity index is 1.41. The minimum absolute atomic E-state index is 0.0700. The van der Waals surface area contributed by atoms with Gasteiger partial charge in [0.05, 0.1) is 11.0 Å². The number of carbonyl (C=O) groups excluding carboxylic acids is 1. The lowest BCUT2D eigenvalue weighted by Gasteiger charge is -2.26. The van der Waals surface area contributed by atoms with Crippen molar-refractivity contribution in [3.05, 3.63) is 71.8 Å². The Kier molecular flexibility index (Phi) is 4.52. The van der Waals surface area contributed by atoms with Gasteiger partial charge >= 0.3 is 0 Å². The Morgan fingerprint density at radius 1 is 1.23 bits per heavy atom. The first kappa shape index (κ1) is 16.5. The van der Waals surface area contributed by atoms with Crippen molar-refractivity contribution in [3.8, 4) is 0 Å². The lowest BCUT2D eigenvalue weighted by atomic mass is 10.0. The number of halogens is 1. The van der Waals surface area contributed by atoms with Crippen molar-refractivity contribution >= 4 is 22.5 Å². The predicted octanol–water partition coefficient (Wildman–Crippen LogP) is 3.95. The number of benzene rings is 1. The van der Waals surface area contributed by atoms with Gasteiger partial charge in [-0.3, -0.25) is 9.78 Å². The zero-order chi connectivity index (χ0) is 17.9. The highest BCUT2D eigenvalue weighted by Gasteiger charge is 2.19. The van der Waals surface area contributed by atoms with E-state index in [9.17, 15) is 9.18 Å². The molecule has 132 valence electrons. The third-order valence-electron chi connectivity index (χ3n) is 4.91. The number of nitrogens with zero attached hydrogens (tertiary/aromatic N) is 2. The lowest BCUT2D eigenvalue weighted by molar-refractivity contribution is -0.130. The van der Waals surface area contributed by atoms with E-state index in [1.807, 2.05) is 23.2 Å². The van der Waals surface area contributed by atoms with Crippen molar-refractivity contribution in [3.63, 3.8) is 0 Å². The van der Waals surface area contributed by atoms with Crippen molar-refractivity contribution < 1.29 is 9.18 Å². The number of H-pyrrole nitrogens is 1. The van der Waals surface area contributed by atoms with E-state index >= 15 is 0 Å². The van der Waals surface area contributed by atoms with Gasteiger partial charge in [-0.05, 0) is 42.2 Å². The third-order valence-corrected chi connectivity index (χ3v) is 4.91. The van der Waals surface area contributed by atoms with Gasteiger partial charge < -0.3 is 9.88 Å². The molecule has 5 heteroatoms. The van der Waals surface area contributed by atoms with Crippen molar-refractivity contribution in [1.82, 2.24) is 14.9 Å². The minimum atomic E-state index is -0.243. The standard InChI is InChI=1S/C21H20FN3O/c22-18-5-2-1-4-16(18)7-8-20(26)25-12-9-15(10-13-25)17-14-24-19-6-3-11-23-21(17)19/h1-6,9,11,14,24H,7-8,10,12-13H2. The summed E-state index contributed by atoms with van der Waals surface area (Å²) in [7, 11) is 0. The number of hydrogen-bond donors (Lipinski definition) is 1. The molecule has 1 N–H and O–H groups in total. The molecule has 2 aromatic heterocycles. The fraction of sp³-hybridized carbons (Fsp3) is 0.238. The smallest absolute Gasteiger partial charge is 0.223 e. The Labute approximate surface area is 151 Å². The van der Waals surface area contributed by atoms with Crippen molar-refractivity contribution in [2.75, 3.05) is 13.1 Å². The van der Waals surface area contributed by atoms with Crippen molar-refractivity contribution in [2.24, 2.45) is 0 Å². The van der Waals surface area contributed by atoms with E-state index < -0.39 is 0 Å². The van der Waals surface area contributed by atoms with E-state index in [0.29, 0.717) is 31.5 Å². The van der Waals surface area contributed by atoms with Crippen LogP contribution in [-0.2, 0) is 11.2 Å². The summed E-state index contributed by atoms with van der Waals surface area (Å²) in [6, 6.07) is 10.6. The van der Waals surface area contributed by atoms with Crippen LogP contribution in [0.2, 0.25) is 0 Å². The van der Waals surface area contributed by atoms with Gasteiger partial charge in [-0.15, -0.1) is 0 Å². The van der Waals surface area contributed by atoms with Gasteiger partial charge in [0, 0.05) is 37.5 Å². The first-order chi connectivity index (χ1) is 12.7. The molecule has 4 rings (SSSR count). The highest BCUT2D eigenvalue weighted by Crippen LogP contribution is 2.28. The summed E-state index contributed by atoms with van der Waals surface area (Å²) >= 11 is 0. The number of aromatic amines is 1. The number of fused-ring (bicyclic) bond motifs is 1. The fourth-order valence-electron chi connectivity index (χ4n) is 3.44. The Morgan fingerprint density at radius 2 is 2.12 bits per heavy atom. The van der Waals surface area contributed by atoms with Gasteiger partial charge in [-0.2, -0.15) is 0 Å². The molecule has 3 heterocycles. The summed E-state index contributed by atoms with van der Waals surface area (Å²) in [6.45, 7) is 1.27. The van der Waals surface area contributed by atoms with Gasteiger partial charge in [0.15, 0.2) is 0 Å². The van der Waals surface area contributed by atoms with E-state index in [0.717, 1.165) is 23.0 Å². The number of aryl methyl sites for hydroxylation is 1. The zero-order valence-electron chi connectivity index (χ0n) is 14.4. The van der Waals surface area contributed by atoms with Crippen molar-refractivity contribution in [2.45, 2.75) is 19.3 Å². The highest BCUT2D eigenvalue weighted by atomic mass is 19.1. The molecule has 1 aliphatic heterocycles. The summed E-state index contributed by atoms with van der Waals surface area (Å²) in [5, 5.41) is 0. The van der Waals surface area contributed by atoms with Crippen LogP contribution in [-0.4, -0.2) is 33.9 Å². The molecule has 0 saturated heterocycles. The second kappa shape index (κ2) is 7.12. The van der Waals surface area contributed by atoms with Crippen molar-refractivity contribution in [1.29, 1.82) is 0 Å². The highest BCUT2D eigenvalue weighted by molar-refractivity contribution is 5.90. The zero-order valence-corrected chi connectivity index (χ0v) is 14.4. The fourth-order valence-corrected chi connectivity index (χ4v) is 3.44. The van der Waals surface area contributed by atoms with Crippen LogP contribution in [0.1, 0.15) is 24.0 Å². The van der Waals surface area contributed by atoms with Gasteiger partial charge in [0.25, 0.3) is 0 Å². The van der Waals surface area contributed by atoms with Gasteiger partial charge in [0.1, 0.15) is 5.82 Å². The molecule has 0 bridgehead atoms. The first-order valence-corrected chi connectivity index (χ1v) is 8.85. The number of pyridine rings is 1. The monoisotopic (exact) mass is 349 g/mol. The molecular weight excluding hydrogens is 329 g/mol. The molecule has 1 aliphatic rings. The average molecular weight is 349 g/mol. The maximum atomic E-state index is 13.7. The number of hydrogen-bond acceptors (Lipinski definition) is 2. The summed E-state index contributed by atoms with van der Waals surface area (Å²) < 4.78 is 13.7. The van der Waals surface area contributed by atoms with Crippen LogP contribution in [0.4, 0.5) is 4.39 Å². The number of carbonyl (C=O) groups is 1. The maximum Gasteiger partial charge on any atom is 0.223 e. The molecule has 0 saturated carbocycles. The van der Waals surface area contributed by atoms with Crippen LogP contribution in [0.15, 0.2) is 54.9 Å². The van der Waals surface area contributed by atoms with Crippen LogP contribution in [0, 0.1) is 5.82 Å². The summed E-state index contributed by atoms with van der Waals surface area (Å²) in [4.78, 5) is 22.0. The molecule has 0 unspecified atom stereocenters. The van der Waals surface area contributed by atoms with Gasteiger partial charge in [-0.1, -0.05) is 24.3 Å². The van der Waals surface area contributed by atoms with E-state index in [2.05, 4.69) is 16.0 Å². The predicted molar refractivity (Wildman–Crippen MR) is 100.0 cm³/mol. The largest absolute Gasteiger partial charge is 0.359 e. The molecule has 4 nitrogen and oxygen atoms in total. The van der Waals surface area contributed by atoms with Gasteiger partial charge in [0.2, 0.25) is 5.91 Å². The Hall–Kier alpha value is -2.95. The topological polar surface area (TPSA) is 49.0 Å². The second-order valence-corrected chi connectivity index (χ2v) is 6.51. The molecule has 26 heavy (non-hydrogen) atoms. The quantitative estimate of drug-likeness (QED) is 0.775. The molecule has 0 aliphatic carbocycles. The molecule has 3 aromatic rings. The summed E-state index contributed by atoms with van der Waals surface area (Å²) in [5.41, 5.74) is 4.91. The SMILES string of the molecule is O=C(CCc1ccccc1F)N1CC=C(c2c[nH]c3cccnc23)CC1. The number of rotatable bonds is 4. The van der Waals surface area contributed by atoms with E-state index in [4.69, 9.17) is 0 Å². The van der Waals surface area contributed by atoms with E-state index in [1.165, 1.54) is 11.6 Å². The molecule has 0 fully saturated rings. The van der Waals surface area contributed by atoms with Crippen LogP contribution in [0.25, 0.3) is 16.6 Å². The van der Waals surface area contributed by atoms with Crippen LogP contribution in [0.3, 0.4) is 0 Å². The minimum Gasteiger partial charge on any atom is -0.359 e. The summed E-state index contributed by atoms with van der Waals surface area (Å²) in [6.07, 6.45) is 7.45. The molecular formula is C21H20FN3O. The van der Waals surface area contributed by atoms with Crippen LogP contribution >= 0.6 is 0 Å². The summed E-state index contributed by atoms with van der Waals surface area (Å²) in [5.74, 6) is -0.173. The maximum absolute atomic E-state index is 13.7. The average Bonchev–Trinajstić information content (AvgIpc) is 3.11.